The number of nitro benzene ring substituents is 1. The standard InChI is InChI=1S/C13H17NO6/c1-13(2,12(15)19-4)8-20-11-6-5-9(18-3)7-10(11)14(16)17/h5-7H,8H2,1-4H3. The fourth-order valence-electron chi connectivity index (χ4n) is 1.48. The predicted molar refractivity (Wildman–Crippen MR) is 70.9 cm³/mol. The number of esters is 1. The second kappa shape index (κ2) is 6.23. The summed E-state index contributed by atoms with van der Waals surface area (Å²) in [5, 5.41) is 11.0. The fourth-order valence-corrected chi connectivity index (χ4v) is 1.48. The Morgan fingerprint density at radius 2 is 2.00 bits per heavy atom. The van der Waals surface area contributed by atoms with Gasteiger partial charge in [0.15, 0.2) is 5.75 Å². The molecule has 0 heterocycles. The summed E-state index contributed by atoms with van der Waals surface area (Å²) in [7, 11) is 2.69. The van der Waals surface area contributed by atoms with Gasteiger partial charge in [0.25, 0.3) is 0 Å². The Labute approximate surface area is 116 Å². The van der Waals surface area contributed by atoms with Crippen LogP contribution in [0.15, 0.2) is 18.2 Å². The molecule has 0 radical (unpaired) electrons. The molecule has 1 rings (SSSR count). The normalized spacial score (nSPS) is 10.8. The maximum atomic E-state index is 11.5. The zero-order valence-corrected chi connectivity index (χ0v) is 11.8. The van der Waals surface area contributed by atoms with Crippen LogP contribution in [-0.2, 0) is 9.53 Å². The van der Waals surface area contributed by atoms with E-state index in [4.69, 9.17) is 9.47 Å². The van der Waals surface area contributed by atoms with E-state index >= 15 is 0 Å². The molecule has 20 heavy (non-hydrogen) atoms. The highest BCUT2D eigenvalue weighted by Crippen LogP contribution is 2.32. The molecular formula is C13H17NO6. The van der Waals surface area contributed by atoms with Gasteiger partial charge in [0.2, 0.25) is 0 Å². The van der Waals surface area contributed by atoms with Crippen molar-refractivity contribution in [3.05, 3.63) is 28.3 Å². The smallest absolute Gasteiger partial charge is 0.314 e. The number of hydrogen-bond acceptors (Lipinski definition) is 6. The Bertz CT molecular complexity index is 512. The third-order valence-corrected chi connectivity index (χ3v) is 2.69. The minimum atomic E-state index is -0.900. The Morgan fingerprint density at radius 1 is 1.35 bits per heavy atom. The summed E-state index contributed by atoms with van der Waals surface area (Å²) < 4.78 is 15.0. The SMILES string of the molecule is COC(=O)C(C)(C)COc1ccc(OC)cc1[N+](=O)[O-]. The highest BCUT2D eigenvalue weighted by molar-refractivity contribution is 5.76. The number of benzene rings is 1. The Hall–Kier alpha value is -2.31. The second-order valence-corrected chi connectivity index (χ2v) is 4.75. The lowest BCUT2D eigenvalue weighted by atomic mass is 9.95. The Kier molecular flexibility index (Phi) is 4.90. The van der Waals surface area contributed by atoms with Crippen LogP contribution in [0.25, 0.3) is 0 Å². The van der Waals surface area contributed by atoms with Crippen LogP contribution in [0.1, 0.15) is 13.8 Å². The Balaban J connectivity index is 2.93. The summed E-state index contributed by atoms with van der Waals surface area (Å²) >= 11 is 0. The molecule has 0 bridgehead atoms. The summed E-state index contributed by atoms with van der Waals surface area (Å²) in [5.74, 6) is -0.0160. The van der Waals surface area contributed by atoms with Crippen LogP contribution in [0, 0.1) is 15.5 Å². The highest BCUT2D eigenvalue weighted by Gasteiger charge is 2.31. The lowest BCUT2D eigenvalue weighted by Crippen LogP contribution is -2.32. The quantitative estimate of drug-likeness (QED) is 0.451. The summed E-state index contributed by atoms with van der Waals surface area (Å²) in [6, 6.07) is 4.25. The second-order valence-electron chi connectivity index (χ2n) is 4.75. The first-order valence-corrected chi connectivity index (χ1v) is 5.85. The van der Waals surface area contributed by atoms with Crippen LogP contribution >= 0.6 is 0 Å². The number of carbonyl (C=O) groups is 1. The molecular weight excluding hydrogens is 266 g/mol. The Morgan fingerprint density at radius 3 is 2.50 bits per heavy atom. The van der Waals surface area contributed by atoms with Gasteiger partial charge in [-0.05, 0) is 26.0 Å². The van der Waals surface area contributed by atoms with Gasteiger partial charge in [0, 0.05) is 0 Å². The summed E-state index contributed by atoms with van der Waals surface area (Å²) in [6.45, 7) is 3.23. The molecule has 0 aromatic heterocycles. The number of hydrogen-bond donors (Lipinski definition) is 0. The van der Waals surface area contributed by atoms with Gasteiger partial charge in [-0.1, -0.05) is 0 Å². The first-order valence-electron chi connectivity index (χ1n) is 5.85. The van der Waals surface area contributed by atoms with E-state index in [0.29, 0.717) is 5.75 Å². The maximum Gasteiger partial charge on any atom is 0.314 e. The number of nitro groups is 1. The van der Waals surface area contributed by atoms with Crippen molar-refractivity contribution in [1.29, 1.82) is 0 Å². The first kappa shape index (κ1) is 15.7. The first-order chi connectivity index (χ1) is 9.31. The van der Waals surface area contributed by atoms with Gasteiger partial charge in [-0.3, -0.25) is 14.9 Å². The molecule has 1 aromatic rings. The van der Waals surface area contributed by atoms with Crippen molar-refractivity contribution in [2.75, 3.05) is 20.8 Å². The summed E-state index contributed by atoms with van der Waals surface area (Å²) in [5.41, 5.74) is -1.12. The van der Waals surface area contributed by atoms with Gasteiger partial charge in [0.1, 0.15) is 12.4 Å². The third-order valence-electron chi connectivity index (χ3n) is 2.69. The van der Waals surface area contributed by atoms with E-state index in [2.05, 4.69) is 4.74 Å². The van der Waals surface area contributed by atoms with Gasteiger partial charge in [-0.25, -0.2) is 0 Å². The molecule has 0 saturated heterocycles. The van der Waals surface area contributed by atoms with Crippen molar-refractivity contribution in [3.8, 4) is 11.5 Å². The molecule has 0 amide bonds. The van der Waals surface area contributed by atoms with Crippen molar-refractivity contribution in [2.24, 2.45) is 5.41 Å². The molecule has 0 atom stereocenters. The van der Waals surface area contributed by atoms with E-state index < -0.39 is 16.3 Å². The maximum absolute atomic E-state index is 11.5. The van der Waals surface area contributed by atoms with Crippen LogP contribution in [0.4, 0.5) is 5.69 Å². The lowest BCUT2D eigenvalue weighted by Gasteiger charge is -2.21. The monoisotopic (exact) mass is 283 g/mol. The molecule has 0 N–H and O–H groups in total. The molecule has 0 aliphatic carbocycles. The molecule has 7 heteroatoms. The number of nitrogens with zero attached hydrogens (tertiary/aromatic N) is 1. The zero-order chi connectivity index (χ0) is 15.3. The molecule has 0 spiro atoms. The predicted octanol–water partition coefficient (Wildman–Crippen LogP) is 2.18. The van der Waals surface area contributed by atoms with Crippen LogP contribution < -0.4 is 9.47 Å². The van der Waals surface area contributed by atoms with Gasteiger partial charge in [-0.15, -0.1) is 0 Å². The molecule has 0 aliphatic heterocycles. The van der Waals surface area contributed by atoms with Gasteiger partial charge < -0.3 is 14.2 Å². The van der Waals surface area contributed by atoms with E-state index in [-0.39, 0.29) is 18.0 Å². The minimum Gasteiger partial charge on any atom is -0.496 e. The van der Waals surface area contributed by atoms with Crippen LogP contribution in [0.2, 0.25) is 0 Å². The fraction of sp³-hybridized carbons (Fsp3) is 0.462. The number of ether oxygens (including phenoxy) is 3. The molecule has 0 aliphatic rings. The van der Waals surface area contributed by atoms with Crippen molar-refractivity contribution < 1.29 is 23.9 Å². The molecule has 0 fully saturated rings. The molecule has 0 unspecified atom stereocenters. The van der Waals surface area contributed by atoms with E-state index in [1.54, 1.807) is 19.9 Å². The zero-order valence-electron chi connectivity index (χ0n) is 11.8. The van der Waals surface area contributed by atoms with Gasteiger partial charge >= 0.3 is 11.7 Å². The van der Waals surface area contributed by atoms with Crippen molar-refractivity contribution >= 4 is 11.7 Å². The lowest BCUT2D eigenvalue weighted by molar-refractivity contribution is -0.386. The largest absolute Gasteiger partial charge is 0.496 e. The summed E-state index contributed by atoms with van der Waals surface area (Å²) in [4.78, 5) is 21.9. The topological polar surface area (TPSA) is 87.9 Å². The van der Waals surface area contributed by atoms with E-state index in [9.17, 15) is 14.9 Å². The van der Waals surface area contributed by atoms with Gasteiger partial charge in [0.05, 0.1) is 30.6 Å². The third kappa shape index (κ3) is 3.59. The van der Waals surface area contributed by atoms with Crippen molar-refractivity contribution in [2.45, 2.75) is 13.8 Å². The summed E-state index contributed by atoms with van der Waals surface area (Å²) in [6.07, 6.45) is 0. The highest BCUT2D eigenvalue weighted by atomic mass is 16.6. The van der Waals surface area contributed by atoms with Crippen LogP contribution in [-0.4, -0.2) is 31.7 Å². The average Bonchev–Trinajstić information content (AvgIpc) is 2.43. The van der Waals surface area contributed by atoms with Crippen LogP contribution in [0.3, 0.4) is 0 Å². The molecule has 110 valence electrons. The minimum absolute atomic E-state index is 0.0349. The molecule has 0 saturated carbocycles. The number of methoxy groups -OCH3 is 2. The van der Waals surface area contributed by atoms with E-state index in [1.807, 2.05) is 0 Å². The molecule has 7 nitrogen and oxygen atoms in total. The van der Waals surface area contributed by atoms with Gasteiger partial charge in [-0.2, -0.15) is 0 Å². The van der Waals surface area contributed by atoms with E-state index in [1.165, 1.54) is 26.4 Å². The van der Waals surface area contributed by atoms with Crippen LogP contribution in [0.5, 0.6) is 11.5 Å². The van der Waals surface area contributed by atoms with Crippen molar-refractivity contribution in [1.82, 2.24) is 0 Å². The number of carbonyl (C=O) groups excluding carboxylic acids is 1. The molecule has 1 aromatic carbocycles. The average molecular weight is 283 g/mol. The van der Waals surface area contributed by atoms with E-state index in [0.717, 1.165) is 0 Å². The number of rotatable bonds is 6. The van der Waals surface area contributed by atoms with Crippen molar-refractivity contribution in [3.63, 3.8) is 0 Å².